The molecule has 0 aliphatic rings. The molecular formula is C17H15N3O2. The Morgan fingerprint density at radius 2 is 1.77 bits per heavy atom. The summed E-state index contributed by atoms with van der Waals surface area (Å²) in [6, 6.07) is 16.9. The molecule has 5 heteroatoms. The highest BCUT2D eigenvalue weighted by Gasteiger charge is 2.07. The Kier molecular flexibility index (Phi) is 4.25. The summed E-state index contributed by atoms with van der Waals surface area (Å²) < 4.78 is 7.02. The fraction of sp³-hybridized carbons (Fsp3) is 0.118. The first-order chi connectivity index (χ1) is 10.8. The molecule has 0 unspecified atom stereocenters. The molecular weight excluding hydrogens is 278 g/mol. The van der Waals surface area contributed by atoms with Gasteiger partial charge < -0.3 is 4.74 Å². The summed E-state index contributed by atoms with van der Waals surface area (Å²) in [4.78, 5) is 15.9. The largest absolute Gasteiger partial charge is 0.457 e. The van der Waals surface area contributed by atoms with Gasteiger partial charge in [0.05, 0.1) is 12.1 Å². The van der Waals surface area contributed by atoms with Crippen LogP contribution >= 0.6 is 0 Å². The summed E-state index contributed by atoms with van der Waals surface area (Å²) in [7, 11) is 0. The molecule has 2 aromatic carbocycles. The zero-order valence-electron chi connectivity index (χ0n) is 11.9. The SMILES string of the molecule is O=C(OCc1ccccc1)c1ccc(Cn2cncn2)cc1. The van der Waals surface area contributed by atoms with E-state index in [1.807, 2.05) is 42.5 Å². The van der Waals surface area contributed by atoms with Crippen molar-refractivity contribution in [3.8, 4) is 0 Å². The van der Waals surface area contributed by atoms with Gasteiger partial charge in [0.15, 0.2) is 0 Å². The molecule has 0 amide bonds. The lowest BCUT2D eigenvalue weighted by atomic mass is 10.1. The Hall–Kier alpha value is -2.95. The van der Waals surface area contributed by atoms with Crippen molar-refractivity contribution >= 4 is 5.97 Å². The van der Waals surface area contributed by atoms with Crippen LogP contribution in [0.1, 0.15) is 21.5 Å². The first-order valence-electron chi connectivity index (χ1n) is 6.94. The van der Waals surface area contributed by atoms with Gasteiger partial charge >= 0.3 is 5.97 Å². The molecule has 0 spiro atoms. The second-order valence-electron chi connectivity index (χ2n) is 4.85. The molecule has 0 bridgehead atoms. The van der Waals surface area contributed by atoms with E-state index < -0.39 is 0 Å². The first kappa shape index (κ1) is 14.0. The zero-order chi connectivity index (χ0) is 15.2. The van der Waals surface area contributed by atoms with Crippen LogP contribution in [0.5, 0.6) is 0 Å². The Morgan fingerprint density at radius 1 is 1.00 bits per heavy atom. The van der Waals surface area contributed by atoms with Gasteiger partial charge in [-0.3, -0.25) is 0 Å². The number of nitrogens with zero attached hydrogens (tertiary/aromatic N) is 3. The van der Waals surface area contributed by atoms with Crippen LogP contribution in [0.3, 0.4) is 0 Å². The topological polar surface area (TPSA) is 57.0 Å². The van der Waals surface area contributed by atoms with E-state index >= 15 is 0 Å². The quantitative estimate of drug-likeness (QED) is 0.679. The molecule has 1 heterocycles. The molecule has 0 atom stereocenters. The number of hydrogen-bond donors (Lipinski definition) is 0. The van der Waals surface area contributed by atoms with Crippen LogP contribution in [0.15, 0.2) is 67.3 Å². The van der Waals surface area contributed by atoms with E-state index in [9.17, 15) is 4.79 Å². The molecule has 0 saturated carbocycles. The van der Waals surface area contributed by atoms with E-state index in [4.69, 9.17) is 4.74 Å². The molecule has 0 saturated heterocycles. The molecule has 22 heavy (non-hydrogen) atoms. The van der Waals surface area contributed by atoms with Crippen LogP contribution in [0.25, 0.3) is 0 Å². The van der Waals surface area contributed by atoms with Gasteiger partial charge in [-0.15, -0.1) is 0 Å². The summed E-state index contributed by atoms with van der Waals surface area (Å²) in [5, 5.41) is 4.05. The maximum atomic E-state index is 12.0. The maximum Gasteiger partial charge on any atom is 0.338 e. The third-order valence-corrected chi connectivity index (χ3v) is 3.21. The van der Waals surface area contributed by atoms with Gasteiger partial charge in [0.25, 0.3) is 0 Å². The van der Waals surface area contributed by atoms with Gasteiger partial charge in [-0.1, -0.05) is 42.5 Å². The number of aromatic nitrogens is 3. The van der Waals surface area contributed by atoms with Gasteiger partial charge in [0.1, 0.15) is 19.3 Å². The lowest BCUT2D eigenvalue weighted by Gasteiger charge is -2.06. The third kappa shape index (κ3) is 3.58. The number of hydrogen-bond acceptors (Lipinski definition) is 4. The van der Waals surface area contributed by atoms with E-state index in [0.29, 0.717) is 12.1 Å². The van der Waals surface area contributed by atoms with E-state index in [2.05, 4.69) is 10.1 Å². The van der Waals surface area contributed by atoms with Crippen LogP contribution in [0.2, 0.25) is 0 Å². The zero-order valence-corrected chi connectivity index (χ0v) is 11.9. The number of carbonyl (C=O) groups excluding carboxylic acids is 1. The van der Waals surface area contributed by atoms with E-state index in [1.54, 1.807) is 23.1 Å². The van der Waals surface area contributed by atoms with E-state index in [-0.39, 0.29) is 12.6 Å². The summed E-state index contributed by atoms with van der Waals surface area (Å²) in [6.07, 6.45) is 3.15. The Morgan fingerprint density at radius 3 is 2.45 bits per heavy atom. The van der Waals surface area contributed by atoms with Gasteiger partial charge in [-0.05, 0) is 23.3 Å². The lowest BCUT2D eigenvalue weighted by molar-refractivity contribution is 0.0472. The van der Waals surface area contributed by atoms with Crippen molar-refractivity contribution in [3.63, 3.8) is 0 Å². The molecule has 110 valence electrons. The molecule has 0 radical (unpaired) electrons. The Labute approximate surface area is 128 Å². The summed E-state index contributed by atoms with van der Waals surface area (Å²) in [5.74, 6) is -0.323. The fourth-order valence-electron chi connectivity index (χ4n) is 2.05. The normalized spacial score (nSPS) is 10.4. The maximum absolute atomic E-state index is 12.0. The molecule has 3 rings (SSSR count). The molecule has 3 aromatic rings. The molecule has 0 N–H and O–H groups in total. The second-order valence-corrected chi connectivity index (χ2v) is 4.85. The summed E-state index contributed by atoms with van der Waals surface area (Å²) >= 11 is 0. The molecule has 0 aliphatic carbocycles. The van der Waals surface area contributed by atoms with Crippen LogP contribution < -0.4 is 0 Å². The molecule has 1 aromatic heterocycles. The average molecular weight is 293 g/mol. The smallest absolute Gasteiger partial charge is 0.338 e. The van der Waals surface area contributed by atoms with Crippen molar-refractivity contribution in [3.05, 3.63) is 83.9 Å². The highest BCUT2D eigenvalue weighted by atomic mass is 16.5. The highest BCUT2D eigenvalue weighted by Crippen LogP contribution is 2.09. The second kappa shape index (κ2) is 6.67. The van der Waals surface area contributed by atoms with Crippen molar-refractivity contribution in [1.29, 1.82) is 0 Å². The van der Waals surface area contributed by atoms with Crippen LogP contribution in [0.4, 0.5) is 0 Å². The van der Waals surface area contributed by atoms with Crippen molar-refractivity contribution < 1.29 is 9.53 Å². The van der Waals surface area contributed by atoms with E-state index in [0.717, 1.165) is 11.1 Å². The molecule has 5 nitrogen and oxygen atoms in total. The number of ether oxygens (including phenoxy) is 1. The number of rotatable bonds is 5. The minimum Gasteiger partial charge on any atom is -0.457 e. The average Bonchev–Trinajstić information content (AvgIpc) is 3.07. The van der Waals surface area contributed by atoms with Crippen LogP contribution in [-0.4, -0.2) is 20.7 Å². The summed E-state index contributed by atoms with van der Waals surface area (Å²) in [5.41, 5.74) is 2.56. The van der Waals surface area contributed by atoms with Gasteiger partial charge in [-0.25, -0.2) is 14.5 Å². The van der Waals surface area contributed by atoms with Gasteiger partial charge in [0.2, 0.25) is 0 Å². The van der Waals surface area contributed by atoms with Crippen LogP contribution in [-0.2, 0) is 17.9 Å². The number of esters is 1. The van der Waals surface area contributed by atoms with Crippen molar-refractivity contribution in [2.75, 3.05) is 0 Å². The van der Waals surface area contributed by atoms with E-state index in [1.165, 1.54) is 6.33 Å². The fourth-order valence-corrected chi connectivity index (χ4v) is 2.05. The minimum atomic E-state index is -0.323. The Balaban J connectivity index is 1.59. The van der Waals surface area contributed by atoms with Crippen molar-refractivity contribution in [2.24, 2.45) is 0 Å². The number of benzene rings is 2. The highest BCUT2D eigenvalue weighted by molar-refractivity contribution is 5.89. The number of carbonyl (C=O) groups is 1. The standard InChI is InChI=1S/C17H15N3O2/c21-17(22-11-15-4-2-1-3-5-15)16-8-6-14(7-9-16)10-20-13-18-12-19-20/h1-9,12-13H,10-11H2. The summed E-state index contributed by atoms with van der Waals surface area (Å²) in [6.45, 7) is 0.903. The predicted molar refractivity (Wildman–Crippen MR) is 81.1 cm³/mol. The van der Waals surface area contributed by atoms with Crippen molar-refractivity contribution in [2.45, 2.75) is 13.2 Å². The van der Waals surface area contributed by atoms with Gasteiger partial charge in [-0.2, -0.15) is 5.10 Å². The third-order valence-electron chi connectivity index (χ3n) is 3.21. The first-order valence-corrected chi connectivity index (χ1v) is 6.94. The molecule has 0 fully saturated rings. The van der Waals surface area contributed by atoms with Crippen molar-refractivity contribution in [1.82, 2.24) is 14.8 Å². The Bertz CT molecular complexity index is 722. The lowest BCUT2D eigenvalue weighted by Crippen LogP contribution is -2.06. The minimum absolute atomic E-state index is 0.278. The molecule has 0 aliphatic heterocycles. The van der Waals surface area contributed by atoms with Gasteiger partial charge in [0, 0.05) is 0 Å². The monoisotopic (exact) mass is 293 g/mol. The predicted octanol–water partition coefficient (Wildman–Crippen LogP) is 2.68. The van der Waals surface area contributed by atoms with Crippen LogP contribution in [0, 0.1) is 0 Å².